The Morgan fingerprint density at radius 2 is 1.90 bits per heavy atom. The van der Waals surface area contributed by atoms with Gasteiger partial charge in [-0.15, -0.1) is 0 Å². The first kappa shape index (κ1) is 20.4. The van der Waals surface area contributed by atoms with Gasteiger partial charge in [0.25, 0.3) is 0 Å². The first-order valence-corrected chi connectivity index (χ1v) is 11.5. The Labute approximate surface area is 175 Å². The quantitative estimate of drug-likeness (QED) is 0.601. The number of fused-ring (bicyclic) bond motifs is 1. The molecular formula is C18H25N9O2S. The minimum Gasteiger partial charge on any atom is -0.363 e. The number of aromatic nitrogens is 6. The number of aromatic amines is 1. The summed E-state index contributed by atoms with van der Waals surface area (Å²) in [5.74, 6) is 1.58. The van der Waals surface area contributed by atoms with Gasteiger partial charge in [-0.3, -0.25) is 0 Å². The molecule has 1 fully saturated rings. The third kappa shape index (κ3) is 4.33. The number of anilines is 2. The summed E-state index contributed by atoms with van der Waals surface area (Å²) in [6.45, 7) is 1.98. The van der Waals surface area contributed by atoms with E-state index in [1.165, 1.54) is 16.9 Å². The molecule has 0 bridgehead atoms. The van der Waals surface area contributed by atoms with Crippen molar-refractivity contribution in [2.45, 2.75) is 6.42 Å². The summed E-state index contributed by atoms with van der Waals surface area (Å²) in [6.07, 6.45) is 6.51. The highest BCUT2D eigenvalue weighted by Gasteiger charge is 2.29. The Morgan fingerprint density at radius 3 is 2.67 bits per heavy atom. The Morgan fingerprint density at radius 1 is 1.10 bits per heavy atom. The molecule has 1 unspecified atom stereocenters. The minimum absolute atomic E-state index is 0.0278. The molecule has 0 spiro atoms. The number of rotatable bonds is 5. The lowest BCUT2D eigenvalue weighted by molar-refractivity contribution is 0.377. The molecule has 1 aliphatic heterocycles. The summed E-state index contributed by atoms with van der Waals surface area (Å²) in [6, 6.07) is 1.94. The Bertz CT molecular complexity index is 1130. The van der Waals surface area contributed by atoms with Crippen molar-refractivity contribution >= 4 is 32.8 Å². The van der Waals surface area contributed by atoms with Crippen molar-refractivity contribution in [3.63, 3.8) is 0 Å². The van der Waals surface area contributed by atoms with Crippen LogP contribution in [0.4, 0.5) is 11.6 Å². The number of H-pyrrole nitrogens is 1. The van der Waals surface area contributed by atoms with Gasteiger partial charge in [0.15, 0.2) is 11.5 Å². The lowest BCUT2D eigenvalue weighted by atomic mass is 10.0. The highest BCUT2D eigenvalue weighted by atomic mass is 32.2. The molecule has 12 heteroatoms. The Hall–Kier alpha value is -2.86. The van der Waals surface area contributed by atoms with Crippen LogP contribution in [-0.2, 0) is 16.4 Å². The maximum absolute atomic E-state index is 12.3. The van der Waals surface area contributed by atoms with E-state index in [0.717, 1.165) is 22.8 Å². The standard InChI is InChI=1S/C18H25N9O2S/c1-25(2)15-7-14(19-10-20-15)6-13-8-26(4-5-27(9-13)30(3,28)29)18-16-17(22-11-21-16)23-12-24-18/h7,10-13H,4-6,8-9H2,1-3H3,(H,21,22,23,24). The van der Waals surface area contributed by atoms with Crippen LogP contribution in [0, 0.1) is 5.92 Å². The average molecular weight is 432 g/mol. The number of hydrogen-bond acceptors (Lipinski definition) is 9. The number of nitrogens with one attached hydrogen (secondary N) is 1. The van der Waals surface area contributed by atoms with Crippen LogP contribution in [0.2, 0.25) is 0 Å². The van der Waals surface area contributed by atoms with E-state index in [2.05, 4.69) is 34.8 Å². The maximum Gasteiger partial charge on any atom is 0.211 e. The number of nitrogens with zero attached hydrogens (tertiary/aromatic N) is 8. The molecule has 4 rings (SSSR count). The van der Waals surface area contributed by atoms with Gasteiger partial charge in [-0.2, -0.15) is 0 Å². The maximum atomic E-state index is 12.3. The smallest absolute Gasteiger partial charge is 0.211 e. The lowest BCUT2D eigenvalue weighted by Gasteiger charge is -2.25. The second-order valence-corrected chi connectivity index (χ2v) is 9.68. The summed E-state index contributed by atoms with van der Waals surface area (Å²) < 4.78 is 26.2. The highest BCUT2D eigenvalue weighted by molar-refractivity contribution is 7.88. The third-order valence-corrected chi connectivity index (χ3v) is 6.47. The van der Waals surface area contributed by atoms with Crippen molar-refractivity contribution in [2.24, 2.45) is 5.92 Å². The zero-order valence-electron chi connectivity index (χ0n) is 17.2. The summed E-state index contributed by atoms with van der Waals surface area (Å²) >= 11 is 0. The number of imidazole rings is 1. The molecule has 3 aromatic heterocycles. The van der Waals surface area contributed by atoms with E-state index in [0.29, 0.717) is 38.2 Å². The van der Waals surface area contributed by atoms with Crippen molar-refractivity contribution in [3.05, 3.63) is 30.7 Å². The molecule has 0 amide bonds. The van der Waals surface area contributed by atoms with Crippen LogP contribution < -0.4 is 9.80 Å². The van der Waals surface area contributed by atoms with E-state index in [9.17, 15) is 8.42 Å². The topological polar surface area (TPSA) is 124 Å². The van der Waals surface area contributed by atoms with Crippen molar-refractivity contribution < 1.29 is 8.42 Å². The van der Waals surface area contributed by atoms with Crippen molar-refractivity contribution in [1.82, 2.24) is 34.2 Å². The predicted octanol–water partition coefficient (Wildman–Crippen LogP) is 0.149. The predicted molar refractivity (Wildman–Crippen MR) is 114 cm³/mol. The second-order valence-electron chi connectivity index (χ2n) is 7.70. The van der Waals surface area contributed by atoms with Gasteiger partial charge >= 0.3 is 0 Å². The first-order chi connectivity index (χ1) is 14.3. The Balaban J connectivity index is 1.65. The molecule has 11 nitrogen and oxygen atoms in total. The molecule has 0 aliphatic carbocycles. The van der Waals surface area contributed by atoms with Crippen LogP contribution in [-0.4, -0.2) is 89.2 Å². The number of sulfonamides is 1. The largest absolute Gasteiger partial charge is 0.363 e. The van der Waals surface area contributed by atoms with Gasteiger partial charge in [0.05, 0.1) is 12.6 Å². The molecule has 4 heterocycles. The van der Waals surface area contributed by atoms with Gasteiger partial charge < -0.3 is 14.8 Å². The van der Waals surface area contributed by atoms with Crippen LogP contribution in [0.5, 0.6) is 0 Å². The molecule has 1 aliphatic rings. The Kier molecular flexibility index (Phi) is 5.52. The van der Waals surface area contributed by atoms with E-state index < -0.39 is 10.0 Å². The molecule has 1 N–H and O–H groups in total. The summed E-state index contributed by atoms with van der Waals surface area (Å²) in [4.78, 5) is 28.6. The van der Waals surface area contributed by atoms with Crippen molar-refractivity contribution in [1.29, 1.82) is 0 Å². The van der Waals surface area contributed by atoms with Crippen molar-refractivity contribution in [3.8, 4) is 0 Å². The molecule has 30 heavy (non-hydrogen) atoms. The molecule has 1 saturated heterocycles. The van der Waals surface area contributed by atoms with E-state index in [-0.39, 0.29) is 5.92 Å². The molecule has 3 aromatic rings. The molecule has 0 aromatic carbocycles. The molecule has 160 valence electrons. The third-order valence-electron chi connectivity index (χ3n) is 5.20. The monoisotopic (exact) mass is 431 g/mol. The van der Waals surface area contributed by atoms with Crippen LogP contribution in [0.3, 0.4) is 0 Å². The molecule has 0 radical (unpaired) electrons. The van der Waals surface area contributed by atoms with Crippen LogP contribution >= 0.6 is 0 Å². The fraction of sp³-hybridized carbons (Fsp3) is 0.500. The zero-order valence-corrected chi connectivity index (χ0v) is 18.0. The fourth-order valence-corrected chi connectivity index (χ4v) is 4.62. The highest BCUT2D eigenvalue weighted by Crippen LogP contribution is 2.25. The molecule has 0 saturated carbocycles. The van der Waals surface area contributed by atoms with Crippen LogP contribution in [0.25, 0.3) is 11.2 Å². The second kappa shape index (κ2) is 8.11. The fourth-order valence-electron chi connectivity index (χ4n) is 3.72. The van der Waals surface area contributed by atoms with Crippen LogP contribution in [0.15, 0.2) is 25.0 Å². The van der Waals surface area contributed by atoms with Gasteiger partial charge in [0.2, 0.25) is 10.0 Å². The minimum atomic E-state index is -3.32. The van der Waals surface area contributed by atoms with Gasteiger partial charge in [0.1, 0.15) is 24.0 Å². The normalized spacial score (nSPS) is 18.5. The number of hydrogen-bond donors (Lipinski definition) is 1. The van der Waals surface area contributed by atoms with E-state index in [4.69, 9.17) is 0 Å². The lowest BCUT2D eigenvalue weighted by Crippen LogP contribution is -2.35. The zero-order chi connectivity index (χ0) is 21.3. The SMILES string of the molecule is CN(C)c1cc(CC2CN(c3ncnc4nc[nH]c34)CCN(S(C)(=O)=O)C2)ncn1. The summed E-state index contributed by atoms with van der Waals surface area (Å²) in [7, 11) is 0.532. The molecular weight excluding hydrogens is 406 g/mol. The van der Waals surface area contributed by atoms with E-state index in [1.54, 1.807) is 12.7 Å². The van der Waals surface area contributed by atoms with Gasteiger partial charge in [-0.25, -0.2) is 37.6 Å². The van der Waals surface area contributed by atoms with Crippen molar-refractivity contribution in [2.75, 3.05) is 56.3 Å². The van der Waals surface area contributed by atoms with E-state index in [1.807, 2.05) is 25.1 Å². The molecule has 1 atom stereocenters. The summed E-state index contributed by atoms with van der Waals surface area (Å²) in [5, 5.41) is 0. The van der Waals surface area contributed by atoms with Gasteiger partial charge in [-0.05, 0) is 12.3 Å². The van der Waals surface area contributed by atoms with Gasteiger partial charge in [-0.1, -0.05) is 0 Å². The summed E-state index contributed by atoms with van der Waals surface area (Å²) in [5.41, 5.74) is 2.22. The first-order valence-electron chi connectivity index (χ1n) is 9.63. The van der Waals surface area contributed by atoms with E-state index >= 15 is 0 Å². The van der Waals surface area contributed by atoms with Crippen LogP contribution in [0.1, 0.15) is 5.69 Å². The van der Waals surface area contributed by atoms with Gasteiger partial charge in [0, 0.05) is 52.0 Å². The average Bonchev–Trinajstić information content (AvgIpc) is 3.08.